The minimum atomic E-state index is -0.666. The Morgan fingerprint density at radius 2 is 2.00 bits per heavy atom. The average molecular weight is 399 g/mol. The van der Waals surface area contributed by atoms with E-state index >= 15 is 0 Å². The van der Waals surface area contributed by atoms with Crippen molar-refractivity contribution in [3.05, 3.63) is 43.0 Å². The Balaban J connectivity index is 1.46. The Labute approximate surface area is 171 Å². The third-order valence-corrected chi connectivity index (χ3v) is 5.04. The van der Waals surface area contributed by atoms with Crippen molar-refractivity contribution >= 4 is 17.5 Å². The minimum Gasteiger partial charge on any atom is -0.494 e. The third-order valence-electron chi connectivity index (χ3n) is 5.04. The molecule has 1 aromatic carbocycles. The van der Waals surface area contributed by atoms with Gasteiger partial charge in [0.05, 0.1) is 25.0 Å². The van der Waals surface area contributed by atoms with Crippen molar-refractivity contribution in [1.29, 1.82) is 0 Å². The third kappa shape index (κ3) is 6.05. The normalized spacial score (nSPS) is 18.6. The number of aromatic nitrogens is 2. The van der Waals surface area contributed by atoms with E-state index in [2.05, 4.69) is 20.5 Å². The molecule has 0 aliphatic heterocycles. The van der Waals surface area contributed by atoms with Gasteiger partial charge in [-0.3, -0.25) is 9.59 Å². The van der Waals surface area contributed by atoms with Gasteiger partial charge in [-0.05, 0) is 64.0 Å². The van der Waals surface area contributed by atoms with Gasteiger partial charge in [-0.15, -0.1) is 0 Å². The van der Waals surface area contributed by atoms with Crippen LogP contribution in [0.15, 0.2) is 43.0 Å². The topological polar surface area (TPSA) is 88.5 Å². The Kier molecular flexibility index (Phi) is 7.24. The lowest BCUT2D eigenvalue weighted by molar-refractivity contribution is -0.136. The quantitative estimate of drug-likeness (QED) is 0.524. The van der Waals surface area contributed by atoms with Gasteiger partial charge in [0.1, 0.15) is 5.75 Å². The fourth-order valence-corrected chi connectivity index (χ4v) is 3.56. The zero-order chi connectivity index (χ0) is 20.6. The summed E-state index contributed by atoms with van der Waals surface area (Å²) < 4.78 is 7.67. The summed E-state index contributed by atoms with van der Waals surface area (Å²) in [4.78, 5) is 30.8. The number of anilines is 1. The first-order valence-corrected chi connectivity index (χ1v) is 10.00. The fraction of sp³-hybridized carbons (Fsp3) is 0.476. The molecule has 3 rings (SSSR count). The van der Waals surface area contributed by atoms with E-state index in [1.165, 1.54) is 0 Å². The number of nitrogens with zero attached hydrogens (tertiary/aromatic N) is 3. The van der Waals surface area contributed by atoms with Gasteiger partial charge in [0.2, 0.25) is 0 Å². The Morgan fingerprint density at radius 3 is 2.69 bits per heavy atom. The predicted molar refractivity (Wildman–Crippen MR) is 111 cm³/mol. The number of carbonyl (C=O) groups excluding carboxylic acids is 2. The molecule has 8 nitrogen and oxygen atoms in total. The van der Waals surface area contributed by atoms with Gasteiger partial charge in [-0.1, -0.05) is 0 Å². The molecule has 8 heteroatoms. The van der Waals surface area contributed by atoms with E-state index in [0.717, 1.165) is 38.0 Å². The van der Waals surface area contributed by atoms with Crippen LogP contribution in [0, 0.1) is 0 Å². The molecule has 156 valence electrons. The van der Waals surface area contributed by atoms with Crippen LogP contribution in [-0.4, -0.2) is 59.6 Å². The summed E-state index contributed by atoms with van der Waals surface area (Å²) in [6.45, 7) is 1.59. The van der Waals surface area contributed by atoms with Crippen molar-refractivity contribution in [3.63, 3.8) is 0 Å². The van der Waals surface area contributed by atoms with Gasteiger partial charge < -0.3 is 24.8 Å². The highest BCUT2D eigenvalue weighted by Gasteiger charge is 2.31. The monoisotopic (exact) mass is 399 g/mol. The van der Waals surface area contributed by atoms with Crippen molar-refractivity contribution in [1.82, 2.24) is 19.8 Å². The van der Waals surface area contributed by atoms with Crippen molar-refractivity contribution < 1.29 is 14.3 Å². The van der Waals surface area contributed by atoms with Gasteiger partial charge in [0, 0.05) is 24.6 Å². The van der Waals surface area contributed by atoms with Crippen molar-refractivity contribution in [2.45, 2.75) is 37.8 Å². The molecule has 0 saturated heterocycles. The summed E-state index contributed by atoms with van der Waals surface area (Å²) in [7, 11) is 4.05. The van der Waals surface area contributed by atoms with Gasteiger partial charge in [-0.25, -0.2) is 4.98 Å². The summed E-state index contributed by atoms with van der Waals surface area (Å²) in [5.41, 5.74) is 0.559. The zero-order valence-corrected chi connectivity index (χ0v) is 17.0. The second kappa shape index (κ2) is 10.1. The highest BCUT2D eigenvalue weighted by atomic mass is 16.5. The second-order valence-corrected chi connectivity index (χ2v) is 7.57. The number of imidazole rings is 1. The number of hydrogen-bond acceptors (Lipinski definition) is 5. The number of nitrogens with one attached hydrogen (secondary N) is 2. The highest BCUT2D eigenvalue weighted by molar-refractivity contribution is 6.39. The van der Waals surface area contributed by atoms with Crippen molar-refractivity contribution in [2.75, 3.05) is 32.6 Å². The summed E-state index contributed by atoms with van der Waals surface area (Å²) in [5.74, 6) is -0.549. The number of amides is 2. The summed E-state index contributed by atoms with van der Waals surface area (Å²) in [6, 6.07) is 7.11. The highest BCUT2D eigenvalue weighted by Crippen LogP contribution is 2.29. The Hall–Kier alpha value is -2.87. The summed E-state index contributed by atoms with van der Waals surface area (Å²) in [6.07, 6.45) is 9.11. The van der Waals surface area contributed by atoms with Crippen molar-refractivity contribution in [3.8, 4) is 5.75 Å². The fourth-order valence-electron chi connectivity index (χ4n) is 3.56. The van der Waals surface area contributed by atoms with Crippen molar-refractivity contribution in [2.24, 2.45) is 0 Å². The molecule has 1 aliphatic carbocycles. The lowest BCUT2D eigenvalue weighted by Crippen LogP contribution is -2.43. The smallest absolute Gasteiger partial charge is 0.313 e. The molecule has 0 spiro atoms. The molecule has 1 aromatic heterocycles. The molecule has 1 fully saturated rings. The molecule has 1 saturated carbocycles. The number of hydrogen-bond donors (Lipinski definition) is 2. The van der Waals surface area contributed by atoms with Crippen LogP contribution in [0.5, 0.6) is 5.75 Å². The lowest BCUT2D eigenvalue weighted by atomic mass is 10.1. The van der Waals surface area contributed by atoms with E-state index in [1.807, 2.05) is 24.9 Å². The Bertz CT molecular complexity index is 789. The van der Waals surface area contributed by atoms with Gasteiger partial charge in [-0.2, -0.15) is 0 Å². The van der Waals surface area contributed by atoms with E-state index in [-0.39, 0.29) is 12.1 Å². The minimum absolute atomic E-state index is 0.0691. The molecule has 0 bridgehead atoms. The van der Waals surface area contributed by atoms with Crippen LogP contribution in [-0.2, 0) is 9.59 Å². The number of carbonyl (C=O) groups is 2. The van der Waals surface area contributed by atoms with Gasteiger partial charge >= 0.3 is 11.8 Å². The molecular formula is C21H29N5O3. The van der Waals surface area contributed by atoms with E-state index in [0.29, 0.717) is 12.3 Å². The molecule has 0 radical (unpaired) electrons. The second-order valence-electron chi connectivity index (χ2n) is 7.57. The standard InChI is InChI=1S/C21H29N5O3/c1-25(2)12-4-14-29-17-9-7-16(8-10-17)23-20(27)21(28)24-18-5-3-6-19(18)26-13-11-22-15-26/h7-11,13,15,18-19H,3-6,12,14H2,1-2H3,(H,23,27)(H,24,28)/t18-,19-/m0/s1. The van der Waals surface area contributed by atoms with Crippen LogP contribution in [0.4, 0.5) is 5.69 Å². The van der Waals surface area contributed by atoms with Crippen LogP contribution >= 0.6 is 0 Å². The van der Waals surface area contributed by atoms with E-state index in [1.54, 1.807) is 36.8 Å². The predicted octanol–water partition coefficient (Wildman–Crippen LogP) is 2.06. The molecular weight excluding hydrogens is 370 g/mol. The maximum absolute atomic E-state index is 12.3. The first-order valence-electron chi connectivity index (χ1n) is 10.00. The number of benzene rings is 1. The van der Waals surface area contributed by atoms with Crippen LogP contribution in [0.3, 0.4) is 0 Å². The van der Waals surface area contributed by atoms with Gasteiger partial charge in [0.25, 0.3) is 0 Å². The molecule has 1 heterocycles. The van der Waals surface area contributed by atoms with E-state index < -0.39 is 11.8 Å². The molecule has 0 unspecified atom stereocenters. The van der Waals surface area contributed by atoms with E-state index in [9.17, 15) is 9.59 Å². The zero-order valence-electron chi connectivity index (χ0n) is 17.0. The van der Waals surface area contributed by atoms with Crippen LogP contribution in [0.1, 0.15) is 31.7 Å². The first-order chi connectivity index (χ1) is 14.0. The SMILES string of the molecule is CN(C)CCCOc1ccc(NC(=O)C(=O)N[C@H]2CCC[C@@H]2n2ccnc2)cc1. The number of ether oxygens (including phenoxy) is 1. The van der Waals surface area contributed by atoms with Gasteiger partial charge in [0.15, 0.2) is 0 Å². The van der Waals surface area contributed by atoms with Crippen LogP contribution < -0.4 is 15.4 Å². The maximum Gasteiger partial charge on any atom is 0.313 e. The molecule has 2 amide bonds. The summed E-state index contributed by atoms with van der Waals surface area (Å²) in [5, 5.41) is 5.51. The molecule has 2 N–H and O–H groups in total. The first kappa shape index (κ1) is 20.9. The van der Waals surface area contributed by atoms with E-state index in [4.69, 9.17) is 4.74 Å². The average Bonchev–Trinajstić information content (AvgIpc) is 3.37. The molecule has 2 atom stereocenters. The maximum atomic E-state index is 12.3. The number of rotatable bonds is 8. The van der Waals surface area contributed by atoms with Crippen LogP contribution in [0.25, 0.3) is 0 Å². The molecule has 29 heavy (non-hydrogen) atoms. The molecule has 2 aromatic rings. The molecule has 1 aliphatic rings. The largest absolute Gasteiger partial charge is 0.494 e. The van der Waals surface area contributed by atoms with Crippen LogP contribution in [0.2, 0.25) is 0 Å². The Morgan fingerprint density at radius 1 is 1.21 bits per heavy atom. The summed E-state index contributed by atoms with van der Waals surface area (Å²) >= 11 is 0. The lowest BCUT2D eigenvalue weighted by Gasteiger charge is -2.21.